The molecule has 1 aliphatic rings. The highest BCUT2D eigenvalue weighted by Crippen LogP contribution is 2.27. The van der Waals surface area contributed by atoms with Crippen LogP contribution in [0, 0.1) is 0 Å². The van der Waals surface area contributed by atoms with Gasteiger partial charge in [0.15, 0.2) is 0 Å². The molecule has 2 aromatic rings. The van der Waals surface area contributed by atoms with Gasteiger partial charge in [-0.15, -0.1) is 0 Å². The average Bonchev–Trinajstić information content (AvgIpc) is 3.33. The maximum Gasteiger partial charge on any atom is 0.339 e. The van der Waals surface area contributed by atoms with Crippen molar-refractivity contribution in [3.63, 3.8) is 0 Å². The van der Waals surface area contributed by atoms with Crippen LogP contribution in [0.3, 0.4) is 0 Å². The van der Waals surface area contributed by atoms with Gasteiger partial charge in [-0.05, 0) is 55.2 Å². The second-order valence-electron chi connectivity index (χ2n) is 7.17. The number of rotatable bonds is 8. The summed E-state index contributed by atoms with van der Waals surface area (Å²) in [6.07, 6.45) is 2.07. The second kappa shape index (κ2) is 9.93. The third-order valence-corrected chi connectivity index (χ3v) is 7.08. The van der Waals surface area contributed by atoms with Gasteiger partial charge in [0, 0.05) is 19.5 Å². The lowest BCUT2D eigenvalue weighted by atomic mass is 10.1. The SMILES string of the molecule is COC(=O)c1ccccc1NC(=O)CCc1cc(S(=O)(=O)N2CCCC2)ccc1OC. The number of carbonyl (C=O) groups is 2. The van der Waals surface area contributed by atoms with Crippen LogP contribution in [0.25, 0.3) is 0 Å². The van der Waals surface area contributed by atoms with Crippen LogP contribution in [0.1, 0.15) is 35.2 Å². The molecule has 0 aliphatic carbocycles. The van der Waals surface area contributed by atoms with E-state index in [0.29, 0.717) is 30.1 Å². The Kier molecular flexibility index (Phi) is 7.29. The Morgan fingerprint density at radius 2 is 1.77 bits per heavy atom. The first kappa shape index (κ1) is 22.8. The number of carbonyl (C=O) groups excluding carboxylic acids is 2. The smallest absolute Gasteiger partial charge is 0.339 e. The Morgan fingerprint density at radius 1 is 1.06 bits per heavy atom. The Morgan fingerprint density at radius 3 is 2.45 bits per heavy atom. The fourth-order valence-electron chi connectivity index (χ4n) is 3.53. The monoisotopic (exact) mass is 446 g/mol. The van der Waals surface area contributed by atoms with Gasteiger partial charge in [-0.2, -0.15) is 4.31 Å². The molecule has 3 rings (SSSR count). The molecule has 0 unspecified atom stereocenters. The van der Waals surface area contributed by atoms with Gasteiger partial charge < -0.3 is 14.8 Å². The topological polar surface area (TPSA) is 102 Å². The van der Waals surface area contributed by atoms with Crippen LogP contribution in [0.5, 0.6) is 5.75 Å². The molecule has 0 aromatic heterocycles. The van der Waals surface area contributed by atoms with E-state index in [0.717, 1.165) is 12.8 Å². The number of para-hydroxylation sites is 1. The molecular weight excluding hydrogens is 420 g/mol. The fourth-order valence-corrected chi connectivity index (χ4v) is 5.10. The van der Waals surface area contributed by atoms with Crippen molar-refractivity contribution < 1.29 is 27.5 Å². The summed E-state index contributed by atoms with van der Waals surface area (Å²) in [5, 5.41) is 2.72. The van der Waals surface area contributed by atoms with Crippen LogP contribution in [0.4, 0.5) is 5.69 Å². The standard InChI is InChI=1S/C22H26N2O6S/c1-29-20-11-10-17(31(27,28)24-13-5-6-14-24)15-16(20)9-12-21(25)23-19-8-4-3-7-18(19)22(26)30-2/h3-4,7-8,10-11,15H,5-6,9,12-14H2,1-2H3,(H,23,25). The quantitative estimate of drug-likeness (QED) is 0.626. The average molecular weight is 447 g/mol. The van der Waals surface area contributed by atoms with Crippen molar-refractivity contribution in [1.29, 1.82) is 0 Å². The van der Waals surface area contributed by atoms with Crippen molar-refractivity contribution in [2.24, 2.45) is 0 Å². The number of sulfonamides is 1. The Labute approximate surface area is 182 Å². The molecule has 1 aliphatic heterocycles. The van der Waals surface area contributed by atoms with Crippen LogP contribution in [0.2, 0.25) is 0 Å². The van der Waals surface area contributed by atoms with E-state index in [-0.39, 0.29) is 29.2 Å². The normalized spacial score (nSPS) is 14.3. The number of nitrogens with one attached hydrogen (secondary N) is 1. The number of esters is 1. The number of hydrogen-bond donors (Lipinski definition) is 1. The molecule has 9 heteroatoms. The number of benzene rings is 2. The minimum atomic E-state index is -3.57. The first-order valence-corrected chi connectivity index (χ1v) is 11.4. The van der Waals surface area contributed by atoms with E-state index in [2.05, 4.69) is 5.32 Å². The van der Waals surface area contributed by atoms with Crippen molar-refractivity contribution in [1.82, 2.24) is 4.31 Å². The largest absolute Gasteiger partial charge is 0.496 e. The summed E-state index contributed by atoms with van der Waals surface area (Å²) in [7, 11) is -0.791. The summed E-state index contributed by atoms with van der Waals surface area (Å²) in [6, 6.07) is 11.3. The van der Waals surface area contributed by atoms with E-state index in [9.17, 15) is 18.0 Å². The Balaban J connectivity index is 1.74. The van der Waals surface area contributed by atoms with E-state index in [1.807, 2.05) is 0 Å². The molecule has 1 fully saturated rings. The molecule has 31 heavy (non-hydrogen) atoms. The zero-order valence-electron chi connectivity index (χ0n) is 17.6. The van der Waals surface area contributed by atoms with E-state index in [1.54, 1.807) is 36.4 Å². The van der Waals surface area contributed by atoms with E-state index in [4.69, 9.17) is 9.47 Å². The number of ether oxygens (including phenoxy) is 2. The lowest BCUT2D eigenvalue weighted by Gasteiger charge is -2.17. The summed E-state index contributed by atoms with van der Waals surface area (Å²) >= 11 is 0. The van der Waals surface area contributed by atoms with Gasteiger partial charge in [0.2, 0.25) is 15.9 Å². The molecule has 0 atom stereocenters. The minimum Gasteiger partial charge on any atom is -0.496 e. The molecule has 1 heterocycles. The predicted molar refractivity (Wildman–Crippen MR) is 116 cm³/mol. The van der Waals surface area contributed by atoms with Crippen molar-refractivity contribution in [3.05, 3.63) is 53.6 Å². The molecule has 0 radical (unpaired) electrons. The molecule has 2 aromatic carbocycles. The molecule has 1 saturated heterocycles. The first-order valence-electron chi connectivity index (χ1n) is 10.0. The summed E-state index contributed by atoms with van der Waals surface area (Å²) in [4.78, 5) is 24.6. The third-order valence-electron chi connectivity index (χ3n) is 5.18. The van der Waals surface area contributed by atoms with E-state index in [1.165, 1.54) is 24.6 Å². The van der Waals surface area contributed by atoms with Crippen LogP contribution in [-0.2, 0) is 26.0 Å². The Hall–Kier alpha value is -2.91. The summed E-state index contributed by atoms with van der Waals surface area (Å²) < 4.78 is 37.3. The second-order valence-corrected chi connectivity index (χ2v) is 9.11. The zero-order chi connectivity index (χ0) is 22.4. The highest BCUT2D eigenvalue weighted by molar-refractivity contribution is 7.89. The fraction of sp³-hybridized carbons (Fsp3) is 0.364. The molecule has 0 bridgehead atoms. The van der Waals surface area contributed by atoms with Crippen LogP contribution >= 0.6 is 0 Å². The number of nitrogens with zero attached hydrogens (tertiary/aromatic N) is 1. The van der Waals surface area contributed by atoms with Crippen molar-refractivity contribution in [3.8, 4) is 5.75 Å². The lowest BCUT2D eigenvalue weighted by Crippen LogP contribution is -2.28. The number of aryl methyl sites for hydroxylation is 1. The van der Waals surface area contributed by atoms with Gasteiger partial charge in [-0.3, -0.25) is 4.79 Å². The number of hydrogen-bond acceptors (Lipinski definition) is 6. The highest BCUT2D eigenvalue weighted by Gasteiger charge is 2.27. The van der Waals surface area contributed by atoms with E-state index >= 15 is 0 Å². The Bertz CT molecular complexity index is 1060. The molecule has 1 amide bonds. The van der Waals surface area contributed by atoms with Gasteiger partial charge in [0.05, 0.1) is 30.4 Å². The van der Waals surface area contributed by atoms with Crippen LogP contribution in [-0.4, -0.2) is 51.9 Å². The maximum atomic E-state index is 12.9. The number of methoxy groups -OCH3 is 2. The van der Waals surface area contributed by atoms with Gasteiger partial charge >= 0.3 is 5.97 Å². The van der Waals surface area contributed by atoms with Crippen LogP contribution in [0.15, 0.2) is 47.4 Å². The van der Waals surface area contributed by atoms with Crippen molar-refractivity contribution >= 4 is 27.6 Å². The summed E-state index contributed by atoms with van der Waals surface area (Å²) in [5.41, 5.74) is 1.24. The van der Waals surface area contributed by atoms with Crippen molar-refractivity contribution in [2.45, 2.75) is 30.6 Å². The molecule has 0 saturated carbocycles. The van der Waals surface area contributed by atoms with Crippen LogP contribution < -0.4 is 10.1 Å². The number of amides is 1. The number of anilines is 1. The van der Waals surface area contributed by atoms with Crippen molar-refractivity contribution in [2.75, 3.05) is 32.6 Å². The molecule has 1 N–H and O–H groups in total. The molecule has 166 valence electrons. The maximum absolute atomic E-state index is 12.9. The lowest BCUT2D eigenvalue weighted by molar-refractivity contribution is -0.116. The predicted octanol–water partition coefficient (Wildman–Crippen LogP) is 2.84. The van der Waals surface area contributed by atoms with Gasteiger partial charge in [0.1, 0.15) is 5.75 Å². The third kappa shape index (κ3) is 5.23. The van der Waals surface area contributed by atoms with E-state index < -0.39 is 16.0 Å². The van der Waals surface area contributed by atoms with Gasteiger partial charge in [-0.25, -0.2) is 13.2 Å². The zero-order valence-corrected chi connectivity index (χ0v) is 18.4. The molecular formula is C22H26N2O6S. The first-order chi connectivity index (χ1) is 14.9. The molecule has 0 spiro atoms. The van der Waals surface area contributed by atoms with Gasteiger partial charge in [0.25, 0.3) is 0 Å². The van der Waals surface area contributed by atoms with Gasteiger partial charge in [-0.1, -0.05) is 12.1 Å². The summed E-state index contributed by atoms with van der Waals surface area (Å²) in [6.45, 7) is 1.04. The minimum absolute atomic E-state index is 0.0824. The molecule has 8 nitrogen and oxygen atoms in total. The highest BCUT2D eigenvalue weighted by atomic mass is 32.2. The summed E-state index contributed by atoms with van der Waals surface area (Å²) in [5.74, 6) is -0.341.